The van der Waals surface area contributed by atoms with E-state index in [0.29, 0.717) is 12.0 Å². The molecule has 1 aromatic rings. The summed E-state index contributed by atoms with van der Waals surface area (Å²) in [4.78, 5) is 7.74. The van der Waals surface area contributed by atoms with Crippen LogP contribution in [0.2, 0.25) is 0 Å². The summed E-state index contributed by atoms with van der Waals surface area (Å²) >= 11 is 0. The smallest absolute Gasteiger partial charge is 0.221 e. The second-order valence-corrected chi connectivity index (χ2v) is 4.33. The van der Waals surface area contributed by atoms with E-state index in [4.69, 9.17) is 0 Å². The molecule has 2 rings (SSSR count). The standard InChI is InChI=1S/C12H19N5/c1-13-12(14-2)16-10-8-15-17(9-10)11-6-4-3-5-7-11/h8-9,11H,1,3-7H2,2H3,(H,14,16). The van der Waals surface area contributed by atoms with Gasteiger partial charge in [0.05, 0.1) is 17.9 Å². The van der Waals surface area contributed by atoms with Crippen LogP contribution in [0.25, 0.3) is 0 Å². The van der Waals surface area contributed by atoms with Gasteiger partial charge in [-0.1, -0.05) is 19.3 Å². The number of aliphatic imine (C=N–C) groups is 2. The van der Waals surface area contributed by atoms with E-state index < -0.39 is 0 Å². The Labute approximate surface area is 102 Å². The van der Waals surface area contributed by atoms with Gasteiger partial charge in [-0.05, 0) is 19.6 Å². The van der Waals surface area contributed by atoms with Crippen molar-refractivity contribution in [3.63, 3.8) is 0 Å². The molecule has 1 fully saturated rings. The Morgan fingerprint density at radius 3 is 2.88 bits per heavy atom. The van der Waals surface area contributed by atoms with Gasteiger partial charge in [-0.2, -0.15) is 5.10 Å². The van der Waals surface area contributed by atoms with Crippen LogP contribution in [-0.2, 0) is 0 Å². The van der Waals surface area contributed by atoms with E-state index in [1.54, 1.807) is 7.05 Å². The van der Waals surface area contributed by atoms with Crippen molar-refractivity contribution in [2.45, 2.75) is 38.1 Å². The van der Waals surface area contributed by atoms with Crippen LogP contribution in [0.1, 0.15) is 38.1 Å². The summed E-state index contributed by atoms with van der Waals surface area (Å²) in [5.41, 5.74) is 0.920. The third kappa shape index (κ3) is 2.93. The van der Waals surface area contributed by atoms with Crippen LogP contribution in [0, 0.1) is 0 Å². The van der Waals surface area contributed by atoms with Crippen molar-refractivity contribution in [3.8, 4) is 0 Å². The molecule has 5 heteroatoms. The fraction of sp³-hybridized carbons (Fsp3) is 0.583. The van der Waals surface area contributed by atoms with Crippen LogP contribution in [0.3, 0.4) is 0 Å². The molecule has 1 aliphatic carbocycles. The lowest BCUT2D eigenvalue weighted by Gasteiger charge is -2.21. The second-order valence-electron chi connectivity index (χ2n) is 4.33. The van der Waals surface area contributed by atoms with E-state index in [-0.39, 0.29) is 0 Å². The largest absolute Gasteiger partial charge is 0.322 e. The highest BCUT2D eigenvalue weighted by Crippen LogP contribution is 2.28. The Balaban J connectivity index is 2.02. The predicted molar refractivity (Wildman–Crippen MR) is 70.9 cm³/mol. The molecule has 0 unspecified atom stereocenters. The third-order valence-corrected chi connectivity index (χ3v) is 3.17. The summed E-state index contributed by atoms with van der Waals surface area (Å²) in [6.45, 7) is 3.45. The Bertz CT molecular complexity index is 401. The summed E-state index contributed by atoms with van der Waals surface area (Å²) in [5, 5.41) is 7.47. The fourth-order valence-electron chi connectivity index (χ4n) is 2.24. The molecule has 1 aromatic heterocycles. The minimum atomic E-state index is 0.521. The highest BCUT2D eigenvalue weighted by atomic mass is 15.3. The Kier molecular flexibility index (Phi) is 3.90. The van der Waals surface area contributed by atoms with Crippen LogP contribution in [0.4, 0.5) is 5.69 Å². The minimum absolute atomic E-state index is 0.521. The first kappa shape index (κ1) is 11.8. The molecule has 0 saturated heterocycles. The van der Waals surface area contributed by atoms with Crippen LogP contribution in [0.15, 0.2) is 22.4 Å². The zero-order valence-corrected chi connectivity index (χ0v) is 10.3. The van der Waals surface area contributed by atoms with Crippen LogP contribution in [-0.4, -0.2) is 29.5 Å². The number of aromatic nitrogens is 2. The molecule has 0 amide bonds. The summed E-state index contributed by atoms with van der Waals surface area (Å²) in [6, 6.07) is 0.554. The number of anilines is 1. The van der Waals surface area contributed by atoms with Gasteiger partial charge >= 0.3 is 0 Å². The van der Waals surface area contributed by atoms with Crippen molar-refractivity contribution >= 4 is 18.4 Å². The fourth-order valence-corrected chi connectivity index (χ4v) is 2.24. The highest BCUT2D eigenvalue weighted by Gasteiger charge is 2.15. The SMILES string of the molecule is C=NC(=NC)Nc1cnn(C2CCCCC2)c1. The molecule has 0 aliphatic heterocycles. The normalized spacial score (nSPS) is 18.1. The summed E-state index contributed by atoms with van der Waals surface area (Å²) < 4.78 is 2.05. The van der Waals surface area contributed by atoms with E-state index in [1.807, 2.05) is 12.4 Å². The molecule has 1 saturated carbocycles. The van der Waals surface area contributed by atoms with Gasteiger partial charge < -0.3 is 5.32 Å². The summed E-state index contributed by atoms with van der Waals surface area (Å²) in [6.07, 6.45) is 10.3. The van der Waals surface area contributed by atoms with Crippen molar-refractivity contribution in [2.24, 2.45) is 9.98 Å². The number of guanidine groups is 1. The van der Waals surface area contributed by atoms with Crippen LogP contribution >= 0.6 is 0 Å². The first-order valence-electron chi connectivity index (χ1n) is 6.08. The maximum absolute atomic E-state index is 4.40. The lowest BCUT2D eigenvalue weighted by molar-refractivity contribution is 0.329. The molecule has 0 aromatic carbocycles. The molecule has 1 aliphatic rings. The highest BCUT2D eigenvalue weighted by molar-refractivity contribution is 5.96. The Hall–Kier alpha value is -1.65. The molecule has 92 valence electrons. The number of hydrogen-bond donors (Lipinski definition) is 1. The molecule has 0 atom stereocenters. The lowest BCUT2D eigenvalue weighted by Crippen LogP contribution is -2.13. The molecule has 0 bridgehead atoms. The van der Waals surface area contributed by atoms with Gasteiger partial charge in [0.25, 0.3) is 0 Å². The number of nitrogens with zero attached hydrogens (tertiary/aromatic N) is 4. The molecule has 17 heavy (non-hydrogen) atoms. The van der Waals surface area contributed by atoms with E-state index >= 15 is 0 Å². The van der Waals surface area contributed by atoms with Crippen molar-refractivity contribution in [2.75, 3.05) is 12.4 Å². The van der Waals surface area contributed by atoms with Gasteiger partial charge in [0.2, 0.25) is 5.96 Å². The zero-order chi connectivity index (χ0) is 12.1. The van der Waals surface area contributed by atoms with Gasteiger partial charge in [-0.3, -0.25) is 9.67 Å². The third-order valence-electron chi connectivity index (χ3n) is 3.17. The molecule has 1 heterocycles. The van der Waals surface area contributed by atoms with Crippen LogP contribution in [0.5, 0.6) is 0 Å². The van der Waals surface area contributed by atoms with Crippen molar-refractivity contribution < 1.29 is 0 Å². The maximum Gasteiger partial charge on any atom is 0.221 e. The average molecular weight is 233 g/mol. The summed E-state index contributed by atoms with van der Waals surface area (Å²) in [7, 11) is 1.68. The molecule has 5 nitrogen and oxygen atoms in total. The molecular formula is C12H19N5. The second kappa shape index (κ2) is 5.61. The molecule has 1 N–H and O–H groups in total. The number of rotatable bonds is 2. The first-order chi connectivity index (χ1) is 8.33. The average Bonchev–Trinajstić information content (AvgIpc) is 2.85. The van der Waals surface area contributed by atoms with Crippen molar-refractivity contribution in [1.29, 1.82) is 0 Å². The van der Waals surface area contributed by atoms with Crippen molar-refractivity contribution in [1.82, 2.24) is 9.78 Å². The Morgan fingerprint density at radius 2 is 2.24 bits per heavy atom. The van der Waals surface area contributed by atoms with Gasteiger partial charge in [-0.25, -0.2) is 4.99 Å². The number of nitrogens with one attached hydrogen (secondary N) is 1. The summed E-state index contributed by atoms with van der Waals surface area (Å²) in [5.74, 6) is 0.521. The van der Waals surface area contributed by atoms with E-state index in [9.17, 15) is 0 Å². The number of hydrogen-bond acceptors (Lipinski definition) is 2. The maximum atomic E-state index is 4.40. The van der Waals surface area contributed by atoms with Crippen molar-refractivity contribution in [3.05, 3.63) is 12.4 Å². The molecule has 0 spiro atoms. The van der Waals surface area contributed by atoms with Gasteiger partial charge in [0.1, 0.15) is 0 Å². The lowest BCUT2D eigenvalue weighted by atomic mass is 9.96. The first-order valence-corrected chi connectivity index (χ1v) is 6.08. The quantitative estimate of drug-likeness (QED) is 0.630. The van der Waals surface area contributed by atoms with Gasteiger partial charge in [-0.15, -0.1) is 0 Å². The molecule has 0 radical (unpaired) electrons. The van der Waals surface area contributed by atoms with Crippen LogP contribution < -0.4 is 5.32 Å². The topological polar surface area (TPSA) is 54.6 Å². The van der Waals surface area contributed by atoms with E-state index in [0.717, 1.165) is 5.69 Å². The van der Waals surface area contributed by atoms with E-state index in [1.165, 1.54) is 32.1 Å². The zero-order valence-electron chi connectivity index (χ0n) is 10.3. The van der Waals surface area contributed by atoms with E-state index in [2.05, 4.69) is 31.8 Å². The Morgan fingerprint density at radius 1 is 1.47 bits per heavy atom. The predicted octanol–water partition coefficient (Wildman–Crippen LogP) is 2.49. The molecular weight excluding hydrogens is 214 g/mol. The van der Waals surface area contributed by atoms with Gasteiger partial charge in [0, 0.05) is 13.2 Å². The minimum Gasteiger partial charge on any atom is -0.322 e. The monoisotopic (exact) mass is 233 g/mol. The van der Waals surface area contributed by atoms with Gasteiger partial charge in [0.15, 0.2) is 0 Å².